The molecule has 0 bridgehead atoms. The molecule has 0 saturated carbocycles. The van der Waals surface area contributed by atoms with Crippen LogP contribution in [0, 0.1) is 0 Å². The lowest BCUT2D eigenvalue weighted by Gasteiger charge is -2.09. The summed E-state index contributed by atoms with van der Waals surface area (Å²) in [6.45, 7) is 1.96. The van der Waals surface area contributed by atoms with Gasteiger partial charge in [-0.3, -0.25) is 4.79 Å². The number of anilines is 1. The minimum absolute atomic E-state index is 0.0625. The summed E-state index contributed by atoms with van der Waals surface area (Å²) >= 11 is 6.87. The number of nitrogens with one attached hydrogen (secondary N) is 2. The van der Waals surface area contributed by atoms with Crippen molar-refractivity contribution >= 4 is 50.5 Å². The summed E-state index contributed by atoms with van der Waals surface area (Å²) in [6.07, 6.45) is 2.08. The van der Waals surface area contributed by atoms with Gasteiger partial charge in [-0.25, -0.2) is 4.98 Å². The Morgan fingerprint density at radius 1 is 1.16 bits per heavy atom. The zero-order chi connectivity index (χ0) is 17.6. The highest BCUT2D eigenvalue weighted by Crippen LogP contribution is 2.24. The molecule has 0 aliphatic heterocycles. The van der Waals surface area contributed by atoms with E-state index in [2.05, 4.69) is 21.7 Å². The van der Waals surface area contributed by atoms with E-state index in [0.717, 1.165) is 29.1 Å². The number of hydrogen-bond acceptors (Lipinski definition) is 4. The van der Waals surface area contributed by atoms with Gasteiger partial charge in [-0.1, -0.05) is 31.2 Å². The van der Waals surface area contributed by atoms with Gasteiger partial charge in [-0.05, 0) is 48.5 Å². The zero-order valence-corrected chi connectivity index (χ0v) is 15.5. The Morgan fingerprint density at radius 3 is 2.64 bits per heavy atom. The van der Waals surface area contributed by atoms with Gasteiger partial charge in [-0.15, -0.1) is 11.3 Å². The highest BCUT2D eigenvalue weighted by atomic mass is 32.1. The smallest absolute Gasteiger partial charge is 0.226 e. The molecule has 4 nitrogen and oxygen atoms in total. The molecule has 0 saturated heterocycles. The van der Waals surface area contributed by atoms with Crippen LogP contribution in [-0.4, -0.2) is 16.0 Å². The van der Waals surface area contributed by atoms with Crippen molar-refractivity contribution in [2.75, 3.05) is 5.32 Å². The molecule has 0 aliphatic carbocycles. The second-order valence-electron chi connectivity index (χ2n) is 5.70. The number of carbonyl (C=O) groups excluding carboxylic acids is 1. The van der Waals surface area contributed by atoms with Crippen LogP contribution in [0.4, 0.5) is 5.69 Å². The molecule has 0 spiro atoms. The number of carbonyl (C=O) groups is 1. The van der Waals surface area contributed by atoms with Gasteiger partial charge in [0.25, 0.3) is 0 Å². The Labute approximate surface area is 156 Å². The number of rotatable bonds is 5. The fourth-order valence-corrected chi connectivity index (χ4v) is 3.69. The van der Waals surface area contributed by atoms with Crippen molar-refractivity contribution in [3.8, 4) is 0 Å². The van der Waals surface area contributed by atoms with Gasteiger partial charge in [0, 0.05) is 18.5 Å². The first-order chi connectivity index (χ1) is 12.1. The van der Waals surface area contributed by atoms with E-state index in [4.69, 9.17) is 12.2 Å². The Bertz CT molecular complexity index is 854. The number of amides is 1. The fraction of sp³-hybridized carbons (Fsp3) is 0.211. The SMILES string of the molecule is CCCC(=O)NC(=S)Nc1ccc(Cc2nc3ccccc3s2)cc1. The molecule has 3 rings (SSSR count). The Hall–Kier alpha value is -2.31. The van der Waals surface area contributed by atoms with E-state index in [0.29, 0.717) is 11.5 Å². The van der Waals surface area contributed by atoms with Gasteiger partial charge < -0.3 is 10.6 Å². The molecule has 2 aromatic carbocycles. The summed E-state index contributed by atoms with van der Waals surface area (Å²) in [4.78, 5) is 16.2. The second-order valence-corrected chi connectivity index (χ2v) is 7.22. The van der Waals surface area contributed by atoms with Crippen LogP contribution in [0.15, 0.2) is 48.5 Å². The van der Waals surface area contributed by atoms with E-state index >= 15 is 0 Å². The Kier molecular flexibility index (Phi) is 5.73. The highest BCUT2D eigenvalue weighted by molar-refractivity contribution is 7.80. The molecule has 0 unspecified atom stereocenters. The molecule has 2 N–H and O–H groups in total. The second kappa shape index (κ2) is 8.18. The van der Waals surface area contributed by atoms with E-state index in [9.17, 15) is 4.79 Å². The minimum atomic E-state index is -0.0625. The van der Waals surface area contributed by atoms with Crippen molar-refractivity contribution in [1.82, 2.24) is 10.3 Å². The lowest BCUT2D eigenvalue weighted by atomic mass is 10.1. The fourth-order valence-electron chi connectivity index (χ4n) is 2.45. The third kappa shape index (κ3) is 4.84. The first kappa shape index (κ1) is 17.5. The van der Waals surface area contributed by atoms with E-state index < -0.39 is 0 Å². The summed E-state index contributed by atoms with van der Waals surface area (Å²) in [5, 5.41) is 7.13. The van der Waals surface area contributed by atoms with Crippen LogP contribution in [0.1, 0.15) is 30.3 Å². The molecule has 25 heavy (non-hydrogen) atoms. The predicted molar refractivity (Wildman–Crippen MR) is 108 cm³/mol. The molecule has 1 heterocycles. The van der Waals surface area contributed by atoms with Crippen LogP contribution >= 0.6 is 23.6 Å². The minimum Gasteiger partial charge on any atom is -0.332 e. The van der Waals surface area contributed by atoms with Crippen LogP contribution in [-0.2, 0) is 11.2 Å². The van der Waals surface area contributed by atoms with E-state index in [1.165, 1.54) is 10.3 Å². The van der Waals surface area contributed by atoms with Gasteiger partial charge in [0.15, 0.2) is 5.11 Å². The Balaban J connectivity index is 1.60. The van der Waals surface area contributed by atoms with Crippen LogP contribution in [0.3, 0.4) is 0 Å². The first-order valence-corrected chi connectivity index (χ1v) is 9.40. The quantitative estimate of drug-likeness (QED) is 0.650. The predicted octanol–water partition coefficient (Wildman–Crippen LogP) is 4.50. The molecule has 0 aliphatic rings. The topological polar surface area (TPSA) is 54.0 Å². The number of nitrogens with zero attached hydrogens (tertiary/aromatic N) is 1. The van der Waals surface area contributed by atoms with Crippen LogP contribution in [0.2, 0.25) is 0 Å². The van der Waals surface area contributed by atoms with Crippen LogP contribution in [0.25, 0.3) is 10.2 Å². The molecule has 3 aromatic rings. The number of benzene rings is 2. The van der Waals surface area contributed by atoms with E-state index in [1.807, 2.05) is 49.4 Å². The summed E-state index contributed by atoms with van der Waals surface area (Å²) in [5.41, 5.74) is 3.09. The molecular weight excluding hydrogens is 350 g/mol. The molecule has 0 fully saturated rings. The highest BCUT2D eigenvalue weighted by Gasteiger charge is 2.06. The van der Waals surface area contributed by atoms with Gasteiger partial charge >= 0.3 is 0 Å². The average molecular weight is 370 g/mol. The molecule has 1 amide bonds. The largest absolute Gasteiger partial charge is 0.332 e. The summed E-state index contributed by atoms with van der Waals surface area (Å²) in [5.74, 6) is -0.0625. The van der Waals surface area contributed by atoms with Crippen LogP contribution < -0.4 is 10.6 Å². The van der Waals surface area contributed by atoms with Gasteiger partial charge in [0.2, 0.25) is 5.91 Å². The zero-order valence-electron chi connectivity index (χ0n) is 13.9. The Morgan fingerprint density at radius 2 is 1.92 bits per heavy atom. The molecule has 0 radical (unpaired) electrons. The molecule has 1 aromatic heterocycles. The average Bonchev–Trinajstić information content (AvgIpc) is 2.99. The molecule has 6 heteroatoms. The summed E-state index contributed by atoms with van der Waals surface area (Å²) in [6, 6.07) is 16.2. The third-order valence-electron chi connectivity index (χ3n) is 3.64. The normalized spacial score (nSPS) is 10.6. The van der Waals surface area contributed by atoms with Crippen molar-refractivity contribution in [3.63, 3.8) is 0 Å². The number of aromatic nitrogens is 1. The van der Waals surface area contributed by atoms with Crippen molar-refractivity contribution in [3.05, 3.63) is 59.1 Å². The van der Waals surface area contributed by atoms with Gasteiger partial charge in [-0.2, -0.15) is 0 Å². The number of hydrogen-bond donors (Lipinski definition) is 2. The maximum absolute atomic E-state index is 11.5. The molecule has 0 atom stereocenters. The summed E-state index contributed by atoms with van der Waals surface area (Å²) < 4.78 is 1.21. The van der Waals surface area contributed by atoms with Crippen molar-refractivity contribution in [1.29, 1.82) is 0 Å². The molecule has 128 valence electrons. The lowest BCUT2D eigenvalue weighted by Crippen LogP contribution is -2.33. The summed E-state index contributed by atoms with van der Waals surface area (Å²) in [7, 11) is 0. The van der Waals surface area contributed by atoms with E-state index in [1.54, 1.807) is 11.3 Å². The van der Waals surface area contributed by atoms with E-state index in [-0.39, 0.29) is 5.91 Å². The maximum Gasteiger partial charge on any atom is 0.226 e. The maximum atomic E-state index is 11.5. The monoisotopic (exact) mass is 369 g/mol. The van der Waals surface area contributed by atoms with Crippen molar-refractivity contribution in [2.45, 2.75) is 26.2 Å². The first-order valence-electron chi connectivity index (χ1n) is 8.18. The third-order valence-corrected chi connectivity index (χ3v) is 4.88. The van der Waals surface area contributed by atoms with Crippen LogP contribution in [0.5, 0.6) is 0 Å². The van der Waals surface area contributed by atoms with Gasteiger partial charge in [0.1, 0.15) is 0 Å². The number of para-hydroxylation sites is 1. The van der Waals surface area contributed by atoms with Crippen molar-refractivity contribution < 1.29 is 4.79 Å². The van der Waals surface area contributed by atoms with Crippen molar-refractivity contribution in [2.24, 2.45) is 0 Å². The number of fused-ring (bicyclic) bond motifs is 1. The number of thiocarbonyl (C=S) groups is 1. The lowest BCUT2D eigenvalue weighted by molar-refractivity contribution is -0.119. The van der Waals surface area contributed by atoms with Gasteiger partial charge in [0.05, 0.1) is 15.2 Å². The number of thiazole rings is 1. The molecular formula is C19H19N3OS2. The standard InChI is InChI=1S/C19H19N3OS2/c1-2-5-17(23)22-19(24)20-14-10-8-13(9-11-14)12-18-21-15-6-3-4-7-16(15)25-18/h3-4,6-11H,2,5,12H2,1H3,(H2,20,22,23,24).